The largest absolute Gasteiger partial charge is 0.382 e. The second-order valence-electron chi connectivity index (χ2n) is 9.62. The number of thiophene rings is 1. The number of hydrogen-bond acceptors (Lipinski definition) is 9. The molecule has 1 atom stereocenters. The van der Waals surface area contributed by atoms with Crippen LogP contribution in [0.25, 0.3) is 27.4 Å². The van der Waals surface area contributed by atoms with Crippen LogP contribution >= 0.6 is 22.9 Å². The van der Waals surface area contributed by atoms with Crippen molar-refractivity contribution in [2.75, 3.05) is 33.5 Å². The van der Waals surface area contributed by atoms with Crippen molar-refractivity contribution in [3.63, 3.8) is 0 Å². The van der Waals surface area contributed by atoms with E-state index < -0.39 is 0 Å². The number of carbonyl (C=O) groups is 1. The molecule has 2 N–H and O–H groups in total. The molecule has 0 fully saturated rings. The van der Waals surface area contributed by atoms with Crippen molar-refractivity contribution in [2.24, 2.45) is 0 Å². The molecule has 0 bridgehead atoms. The number of halogens is 1. The van der Waals surface area contributed by atoms with Crippen molar-refractivity contribution >= 4 is 28.8 Å². The fraction of sp³-hybridized carbons (Fsp3) is 0.286. The lowest BCUT2D eigenvalue weighted by molar-refractivity contribution is 0.0693. The van der Waals surface area contributed by atoms with Gasteiger partial charge in [0.25, 0.3) is 11.5 Å². The van der Waals surface area contributed by atoms with Crippen molar-refractivity contribution in [2.45, 2.75) is 18.9 Å². The monoisotopic (exact) mass is 606 g/mol. The molecule has 0 aliphatic carbocycles. The average molecular weight is 607 g/mol. The molecule has 0 radical (unpaired) electrons. The number of benzene rings is 1. The van der Waals surface area contributed by atoms with Gasteiger partial charge in [0, 0.05) is 36.0 Å². The number of tetrazole rings is 1. The number of nitrogens with one attached hydrogen (secondary N) is 2. The Hall–Kier alpha value is -4.17. The summed E-state index contributed by atoms with van der Waals surface area (Å²) in [6, 6.07) is 12.5. The first kappa shape index (κ1) is 28.0. The highest BCUT2D eigenvalue weighted by Crippen LogP contribution is 2.35. The van der Waals surface area contributed by atoms with Crippen molar-refractivity contribution in [1.29, 1.82) is 0 Å². The number of rotatable bonds is 11. The van der Waals surface area contributed by atoms with Crippen LogP contribution in [0.1, 0.15) is 33.7 Å². The second-order valence-corrected chi connectivity index (χ2v) is 11.1. The van der Waals surface area contributed by atoms with E-state index in [2.05, 4.69) is 30.8 Å². The molecular weight excluding hydrogens is 580 g/mol. The highest BCUT2D eigenvalue weighted by atomic mass is 35.5. The number of nitrogens with zero attached hydrogens (tertiary/aromatic N) is 6. The molecule has 4 aromatic heterocycles. The SMILES string of the molecule is COCCOCCNC(=O)c1ccc(-c2cnc([C@@H]3CCc4cc(-c5cc(Cl)ccc5-n5cnnn5)cc(=O)n43)[nH]2)s1. The molecule has 0 saturated carbocycles. The zero-order chi connectivity index (χ0) is 29.1. The molecule has 216 valence electrons. The summed E-state index contributed by atoms with van der Waals surface area (Å²) in [5.74, 6) is 0.541. The fourth-order valence-electron chi connectivity index (χ4n) is 5.02. The minimum absolute atomic E-state index is 0.133. The van der Waals surface area contributed by atoms with Crippen molar-refractivity contribution in [1.82, 2.24) is 40.1 Å². The predicted octanol–water partition coefficient (Wildman–Crippen LogP) is 3.52. The van der Waals surface area contributed by atoms with Crippen LogP contribution in [0.4, 0.5) is 0 Å². The number of pyridine rings is 1. The maximum atomic E-state index is 13.5. The lowest BCUT2D eigenvalue weighted by Crippen LogP contribution is -2.26. The summed E-state index contributed by atoms with van der Waals surface area (Å²) in [5, 5.41) is 14.9. The van der Waals surface area contributed by atoms with Gasteiger partial charge < -0.3 is 24.3 Å². The first-order valence-corrected chi connectivity index (χ1v) is 14.5. The maximum absolute atomic E-state index is 13.5. The lowest BCUT2D eigenvalue weighted by atomic mass is 10.0. The molecular formula is C28H27ClN8O4S. The predicted molar refractivity (Wildman–Crippen MR) is 157 cm³/mol. The smallest absolute Gasteiger partial charge is 0.261 e. The molecule has 0 unspecified atom stereocenters. The Labute approximate surface area is 249 Å². The highest BCUT2D eigenvalue weighted by Gasteiger charge is 2.28. The molecule has 1 aliphatic rings. The average Bonchev–Trinajstić information content (AvgIpc) is 3.80. The Balaban J connectivity index is 1.19. The molecule has 1 aliphatic heterocycles. The summed E-state index contributed by atoms with van der Waals surface area (Å²) >= 11 is 7.69. The van der Waals surface area contributed by atoms with Gasteiger partial charge in [-0.15, -0.1) is 16.4 Å². The number of ether oxygens (including phenoxy) is 2. The van der Waals surface area contributed by atoms with E-state index in [4.69, 9.17) is 21.1 Å². The zero-order valence-electron chi connectivity index (χ0n) is 22.6. The van der Waals surface area contributed by atoms with Gasteiger partial charge in [0.15, 0.2) is 0 Å². The van der Waals surface area contributed by atoms with Gasteiger partial charge in [-0.25, -0.2) is 4.98 Å². The topological polar surface area (TPSA) is 142 Å². The summed E-state index contributed by atoms with van der Waals surface area (Å²) in [6.07, 6.45) is 4.68. The summed E-state index contributed by atoms with van der Waals surface area (Å²) < 4.78 is 13.7. The molecule has 1 amide bonds. The van der Waals surface area contributed by atoms with Crippen LogP contribution in [0.3, 0.4) is 0 Å². The van der Waals surface area contributed by atoms with Gasteiger partial charge in [-0.1, -0.05) is 11.6 Å². The van der Waals surface area contributed by atoms with Crippen LogP contribution < -0.4 is 10.9 Å². The van der Waals surface area contributed by atoms with Crippen LogP contribution in [0.2, 0.25) is 5.02 Å². The van der Waals surface area contributed by atoms with Crippen molar-refractivity contribution in [3.8, 4) is 27.4 Å². The first-order valence-electron chi connectivity index (χ1n) is 13.3. The van der Waals surface area contributed by atoms with Gasteiger partial charge in [0.1, 0.15) is 12.2 Å². The number of imidazole rings is 1. The van der Waals surface area contributed by atoms with E-state index >= 15 is 0 Å². The third-order valence-corrected chi connectivity index (χ3v) is 8.32. The van der Waals surface area contributed by atoms with E-state index in [1.165, 1.54) is 17.7 Å². The highest BCUT2D eigenvalue weighted by molar-refractivity contribution is 7.17. The molecule has 14 heteroatoms. The van der Waals surface area contributed by atoms with Crippen molar-refractivity contribution in [3.05, 3.63) is 86.8 Å². The maximum Gasteiger partial charge on any atom is 0.261 e. The number of amides is 1. The number of H-pyrrole nitrogens is 1. The second kappa shape index (κ2) is 12.4. The molecule has 0 saturated heterocycles. The minimum Gasteiger partial charge on any atom is -0.382 e. The van der Waals surface area contributed by atoms with Crippen LogP contribution in [0.5, 0.6) is 0 Å². The molecule has 12 nitrogen and oxygen atoms in total. The van der Waals surface area contributed by atoms with Crippen molar-refractivity contribution < 1.29 is 14.3 Å². The lowest BCUT2D eigenvalue weighted by Gasteiger charge is -2.15. The number of aryl methyl sites for hydroxylation is 1. The summed E-state index contributed by atoms with van der Waals surface area (Å²) in [4.78, 5) is 35.5. The van der Waals surface area contributed by atoms with Crippen LogP contribution in [0.15, 0.2) is 59.8 Å². The number of aromatic amines is 1. The van der Waals surface area contributed by atoms with E-state index in [9.17, 15) is 9.59 Å². The minimum atomic E-state index is -0.227. The number of carbonyl (C=O) groups excluding carboxylic acids is 1. The Morgan fingerprint density at radius 3 is 2.93 bits per heavy atom. The van der Waals surface area contributed by atoms with Crippen LogP contribution in [0, 0.1) is 0 Å². The standard InChI is InChI=1S/C28H27ClN8O4S/c1-40-10-11-41-9-8-30-28(39)25-7-6-24(42-25)21-15-31-27(33-21)23-5-3-19-12-17(13-26(38)37(19)23)20-14-18(29)2-4-22(20)36-16-32-34-35-36/h2,4,6-7,12-16,23H,3,5,8-11H2,1H3,(H,30,39)(H,31,33)/t23-/m0/s1. The van der Waals surface area contributed by atoms with Gasteiger partial charge in [-0.05, 0) is 65.2 Å². The molecule has 42 heavy (non-hydrogen) atoms. The Morgan fingerprint density at radius 2 is 2.10 bits per heavy atom. The number of methoxy groups -OCH3 is 1. The molecule has 5 heterocycles. The molecule has 5 aromatic rings. The van der Waals surface area contributed by atoms with Gasteiger partial charge in [0.2, 0.25) is 0 Å². The van der Waals surface area contributed by atoms with E-state index in [0.717, 1.165) is 39.5 Å². The van der Waals surface area contributed by atoms with Gasteiger partial charge >= 0.3 is 0 Å². The van der Waals surface area contributed by atoms with Crippen LogP contribution in [-0.4, -0.2) is 74.1 Å². The Morgan fingerprint density at radius 1 is 1.19 bits per heavy atom. The number of aromatic nitrogens is 7. The van der Waals surface area contributed by atoms with Crippen LogP contribution in [-0.2, 0) is 15.9 Å². The molecule has 0 spiro atoms. The Bertz CT molecular complexity index is 1760. The van der Waals surface area contributed by atoms with E-state index in [0.29, 0.717) is 48.5 Å². The van der Waals surface area contributed by atoms with E-state index in [-0.39, 0.29) is 17.5 Å². The third kappa shape index (κ3) is 5.77. The first-order chi connectivity index (χ1) is 20.5. The quantitative estimate of drug-likeness (QED) is 0.218. The fourth-order valence-corrected chi connectivity index (χ4v) is 6.08. The molecule has 1 aromatic carbocycles. The third-order valence-electron chi connectivity index (χ3n) is 6.97. The molecule has 6 rings (SSSR count). The van der Waals surface area contributed by atoms with E-state index in [1.807, 2.05) is 24.3 Å². The van der Waals surface area contributed by atoms with Gasteiger partial charge in [-0.2, -0.15) is 4.68 Å². The summed E-state index contributed by atoms with van der Waals surface area (Å²) in [7, 11) is 1.61. The summed E-state index contributed by atoms with van der Waals surface area (Å²) in [5.41, 5.74) is 3.79. The van der Waals surface area contributed by atoms with Gasteiger partial charge in [-0.3, -0.25) is 9.59 Å². The summed E-state index contributed by atoms with van der Waals surface area (Å²) in [6.45, 7) is 1.84. The number of hydrogen-bond donors (Lipinski definition) is 2. The van der Waals surface area contributed by atoms with E-state index in [1.54, 1.807) is 40.8 Å². The number of fused-ring (bicyclic) bond motifs is 1. The zero-order valence-corrected chi connectivity index (χ0v) is 24.2. The Kier molecular flexibility index (Phi) is 8.24. The normalized spacial score (nSPS) is 14.3. The van der Waals surface area contributed by atoms with Gasteiger partial charge in [0.05, 0.1) is 53.2 Å².